The first kappa shape index (κ1) is 12.4. The average Bonchev–Trinajstić information content (AvgIpc) is 3.11. The van der Waals surface area contributed by atoms with Crippen LogP contribution in [0.5, 0.6) is 0 Å². The molecule has 0 atom stereocenters. The van der Waals surface area contributed by atoms with Gasteiger partial charge < -0.3 is 9.73 Å². The summed E-state index contributed by atoms with van der Waals surface area (Å²) in [6.07, 6.45) is 0. The number of carbonyl (C=O) groups is 1. The number of carbonyl (C=O) groups excluding carboxylic acids is 1. The van der Waals surface area contributed by atoms with Crippen molar-refractivity contribution in [2.24, 2.45) is 0 Å². The number of hydrogen-bond acceptors (Lipinski definition) is 3. The van der Waals surface area contributed by atoms with Gasteiger partial charge in [-0.2, -0.15) is 0 Å². The highest BCUT2D eigenvalue weighted by Crippen LogP contribution is 2.24. The smallest absolute Gasteiger partial charge is 0.228 e. The fraction of sp³-hybridized carbons (Fsp3) is 0.167. The molecule has 1 aromatic heterocycles. The van der Waals surface area contributed by atoms with Crippen molar-refractivity contribution in [2.45, 2.75) is 20.0 Å². The van der Waals surface area contributed by atoms with Crippen LogP contribution in [0.1, 0.15) is 32.8 Å². The van der Waals surface area contributed by atoms with Crippen LogP contribution in [-0.2, 0) is 13.1 Å². The molecule has 0 fully saturated rings. The normalized spacial score (nSPS) is 13.6. The molecule has 0 radical (unpaired) electrons. The second-order valence-electron chi connectivity index (χ2n) is 5.57. The largest absolute Gasteiger partial charge is 0.453 e. The lowest BCUT2D eigenvalue weighted by molar-refractivity contribution is 0.101. The Hall–Kier alpha value is -2.39. The van der Waals surface area contributed by atoms with Crippen LogP contribution >= 0.6 is 0 Å². The molecular formula is C18H15NO2. The molecule has 0 amide bonds. The molecule has 3 aromatic rings. The van der Waals surface area contributed by atoms with E-state index in [9.17, 15) is 4.79 Å². The zero-order valence-electron chi connectivity index (χ0n) is 11.8. The minimum absolute atomic E-state index is 0.0569. The highest BCUT2D eigenvalue weighted by atomic mass is 16.3. The van der Waals surface area contributed by atoms with Crippen molar-refractivity contribution in [3.8, 4) is 0 Å². The van der Waals surface area contributed by atoms with Crippen LogP contribution in [0, 0.1) is 6.92 Å². The van der Waals surface area contributed by atoms with Crippen LogP contribution in [0.25, 0.3) is 11.0 Å². The Morgan fingerprint density at radius 1 is 1.05 bits per heavy atom. The van der Waals surface area contributed by atoms with Crippen molar-refractivity contribution >= 4 is 16.8 Å². The molecule has 0 saturated heterocycles. The fourth-order valence-electron chi connectivity index (χ4n) is 2.85. The zero-order chi connectivity index (χ0) is 14.4. The van der Waals surface area contributed by atoms with Crippen LogP contribution in [-0.4, -0.2) is 5.78 Å². The second-order valence-corrected chi connectivity index (χ2v) is 5.57. The SMILES string of the molecule is Cc1ccc2oc(C(=O)c3ccc4c(c3)CNC4)cc2c1. The fourth-order valence-corrected chi connectivity index (χ4v) is 2.85. The lowest BCUT2D eigenvalue weighted by Crippen LogP contribution is -2.01. The molecule has 2 heterocycles. The minimum atomic E-state index is -0.0569. The van der Waals surface area contributed by atoms with Crippen LogP contribution in [0.15, 0.2) is 46.9 Å². The van der Waals surface area contributed by atoms with Gasteiger partial charge in [-0.25, -0.2) is 0 Å². The molecule has 1 aliphatic heterocycles. The summed E-state index contributed by atoms with van der Waals surface area (Å²) in [4.78, 5) is 12.6. The van der Waals surface area contributed by atoms with E-state index in [1.165, 1.54) is 11.1 Å². The summed E-state index contributed by atoms with van der Waals surface area (Å²) in [5, 5.41) is 4.26. The summed E-state index contributed by atoms with van der Waals surface area (Å²) in [5.74, 6) is 0.347. The van der Waals surface area contributed by atoms with Gasteiger partial charge in [0.15, 0.2) is 5.76 Å². The third-order valence-corrected chi connectivity index (χ3v) is 3.99. The van der Waals surface area contributed by atoms with Gasteiger partial charge in [-0.05, 0) is 42.3 Å². The molecular weight excluding hydrogens is 262 g/mol. The van der Waals surface area contributed by atoms with Crippen molar-refractivity contribution in [3.63, 3.8) is 0 Å². The first-order valence-electron chi connectivity index (χ1n) is 7.08. The van der Waals surface area contributed by atoms with Crippen LogP contribution in [0.4, 0.5) is 0 Å². The molecule has 3 heteroatoms. The Labute approximate surface area is 122 Å². The number of nitrogens with one attached hydrogen (secondary N) is 1. The molecule has 0 unspecified atom stereocenters. The second kappa shape index (κ2) is 4.57. The van der Waals surface area contributed by atoms with Gasteiger partial charge in [0.25, 0.3) is 0 Å². The van der Waals surface area contributed by atoms with E-state index in [1.54, 1.807) is 0 Å². The van der Waals surface area contributed by atoms with Crippen LogP contribution < -0.4 is 5.32 Å². The Morgan fingerprint density at radius 3 is 2.81 bits per heavy atom. The summed E-state index contributed by atoms with van der Waals surface area (Å²) in [7, 11) is 0. The van der Waals surface area contributed by atoms with E-state index in [0.717, 1.165) is 29.6 Å². The predicted octanol–water partition coefficient (Wildman–Crippen LogP) is 3.58. The zero-order valence-corrected chi connectivity index (χ0v) is 11.8. The molecule has 104 valence electrons. The van der Waals surface area contributed by atoms with Crippen LogP contribution in [0.2, 0.25) is 0 Å². The average molecular weight is 277 g/mol. The Bertz CT molecular complexity index is 861. The summed E-state index contributed by atoms with van der Waals surface area (Å²) >= 11 is 0. The van der Waals surface area contributed by atoms with Crippen molar-refractivity contribution < 1.29 is 9.21 Å². The molecule has 0 spiro atoms. The first-order valence-corrected chi connectivity index (χ1v) is 7.08. The number of rotatable bonds is 2. The van der Waals surface area contributed by atoms with Crippen molar-refractivity contribution in [3.05, 3.63) is 70.5 Å². The molecule has 0 aliphatic carbocycles. The third kappa shape index (κ3) is 2.06. The lowest BCUT2D eigenvalue weighted by atomic mass is 10.0. The topological polar surface area (TPSA) is 42.2 Å². The summed E-state index contributed by atoms with van der Waals surface area (Å²) in [5.41, 5.74) is 5.07. The number of benzene rings is 2. The van der Waals surface area contributed by atoms with Gasteiger partial charge in [0.2, 0.25) is 5.78 Å². The molecule has 0 bridgehead atoms. The van der Waals surface area contributed by atoms with Gasteiger partial charge >= 0.3 is 0 Å². The van der Waals surface area contributed by atoms with E-state index >= 15 is 0 Å². The van der Waals surface area contributed by atoms with E-state index in [0.29, 0.717) is 11.3 Å². The Balaban J connectivity index is 1.75. The van der Waals surface area contributed by atoms with E-state index in [-0.39, 0.29) is 5.78 Å². The molecule has 0 saturated carbocycles. The Morgan fingerprint density at radius 2 is 1.90 bits per heavy atom. The molecule has 21 heavy (non-hydrogen) atoms. The monoisotopic (exact) mass is 277 g/mol. The quantitative estimate of drug-likeness (QED) is 0.728. The Kier molecular flexibility index (Phi) is 2.69. The third-order valence-electron chi connectivity index (χ3n) is 3.99. The predicted molar refractivity (Wildman–Crippen MR) is 81.4 cm³/mol. The van der Waals surface area contributed by atoms with E-state index in [2.05, 4.69) is 5.32 Å². The maximum Gasteiger partial charge on any atom is 0.228 e. The molecule has 1 N–H and O–H groups in total. The maximum absolute atomic E-state index is 12.6. The summed E-state index contributed by atoms with van der Waals surface area (Å²) in [6, 6.07) is 13.6. The number of aryl methyl sites for hydroxylation is 1. The van der Waals surface area contributed by atoms with E-state index in [1.807, 2.05) is 49.4 Å². The van der Waals surface area contributed by atoms with Gasteiger partial charge in [-0.15, -0.1) is 0 Å². The lowest BCUT2D eigenvalue weighted by Gasteiger charge is -2.01. The van der Waals surface area contributed by atoms with Crippen LogP contribution in [0.3, 0.4) is 0 Å². The highest BCUT2D eigenvalue weighted by molar-refractivity contribution is 6.09. The number of ketones is 1. The molecule has 1 aliphatic rings. The minimum Gasteiger partial charge on any atom is -0.453 e. The van der Waals surface area contributed by atoms with Crippen molar-refractivity contribution in [2.75, 3.05) is 0 Å². The highest BCUT2D eigenvalue weighted by Gasteiger charge is 2.17. The summed E-state index contributed by atoms with van der Waals surface area (Å²) in [6.45, 7) is 3.74. The van der Waals surface area contributed by atoms with Gasteiger partial charge in [0, 0.05) is 24.0 Å². The van der Waals surface area contributed by atoms with Gasteiger partial charge in [0.1, 0.15) is 5.58 Å². The van der Waals surface area contributed by atoms with E-state index in [4.69, 9.17) is 4.42 Å². The summed E-state index contributed by atoms with van der Waals surface area (Å²) < 4.78 is 5.69. The standard InChI is InChI=1S/C18H15NO2/c1-11-2-5-16-14(6-11)8-17(21-16)18(20)12-3-4-13-9-19-10-15(13)7-12/h2-8,19H,9-10H2,1H3. The van der Waals surface area contributed by atoms with Gasteiger partial charge in [-0.1, -0.05) is 23.8 Å². The molecule has 2 aromatic carbocycles. The molecule has 4 rings (SSSR count). The van der Waals surface area contributed by atoms with Crippen molar-refractivity contribution in [1.29, 1.82) is 0 Å². The number of fused-ring (bicyclic) bond motifs is 2. The number of hydrogen-bond donors (Lipinski definition) is 1. The van der Waals surface area contributed by atoms with E-state index < -0.39 is 0 Å². The van der Waals surface area contributed by atoms with Crippen molar-refractivity contribution in [1.82, 2.24) is 5.32 Å². The van der Waals surface area contributed by atoms with Gasteiger partial charge in [-0.3, -0.25) is 4.79 Å². The first-order chi connectivity index (χ1) is 10.2. The van der Waals surface area contributed by atoms with Gasteiger partial charge in [0.05, 0.1) is 0 Å². The maximum atomic E-state index is 12.6. The molecule has 3 nitrogen and oxygen atoms in total. The number of furan rings is 1.